The van der Waals surface area contributed by atoms with E-state index in [9.17, 15) is 4.79 Å². The van der Waals surface area contributed by atoms with Crippen LogP contribution in [0.1, 0.15) is 52.6 Å². The standard InChI is InChI=1S/C27H29N3O/c1-4-5-13-26-29-24-17-21(27(31)28-18-22-11-7-6-10-20(22)3)14-15-25(24)30(26)23-12-8-9-19(2)16-23/h6-12,14-17H,4-5,13,18H2,1-3H3,(H,28,31). The summed E-state index contributed by atoms with van der Waals surface area (Å²) in [6.07, 6.45) is 3.11. The third-order valence-electron chi connectivity index (χ3n) is 5.70. The van der Waals surface area contributed by atoms with E-state index < -0.39 is 0 Å². The lowest BCUT2D eigenvalue weighted by atomic mass is 10.1. The van der Waals surface area contributed by atoms with Crippen molar-refractivity contribution in [3.05, 3.63) is 94.8 Å². The van der Waals surface area contributed by atoms with Gasteiger partial charge >= 0.3 is 0 Å². The summed E-state index contributed by atoms with van der Waals surface area (Å²) < 4.78 is 2.23. The molecule has 1 N–H and O–H groups in total. The Labute approximate surface area is 183 Å². The zero-order valence-electron chi connectivity index (χ0n) is 18.5. The van der Waals surface area contributed by atoms with Crippen LogP contribution in [0.2, 0.25) is 0 Å². The maximum atomic E-state index is 12.8. The summed E-state index contributed by atoms with van der Waals surface area (Å²) in [6, 6.07) is 22.4. The van der Waals surface area contributed by atoms with Crippen LogP contribution < -0.4 is 5.32 Å². The molecule has 1 heterocycles. The molecule has 4 nitrogen and oxygen atoms in total. The number of rotatable bonds is 7. The summed E-state index contributed by atoms with van der Waals surface area (Å²) >= 11 is 0. The SMILES string of the molecule is CCCCc1nc2cc(C(=O)NCc3ccccc3C)ccc2n1-c1cccc(C)c1. The number of carbonyl (C=O) groups is 1. The maximum absolute atomic E-state index is 12.8. The molecule has 158 valence electrons. The zero-order valence-corrected chi connectivity index (χ0v) is 18.5. The number of benzene rings is 3. The summed E-state index contributed by atoms with van der Waals surface area (Å²) in [5, 5.41) is 3.04. The third-order valence-corrected chi connectivity index (χ3v) is 5.70. The fourth-order valence-electron chi connectivity index (χ4n) is 3.92. The van der Waals surface area contributed by atoms with Crippen molar-refractivity contribution in [3.63, 3.8) is 0 Å². The average molecular weight is 412 g/mol. The van der Waals surface area contributed by atoms with Gasteiger partial charge in [0.2, 0.25) is 0 Å². The molecule has 4 rings (SSSR count). The Morgan fingerprint density at radius 3 is 2.61 bits per heavy atom. The normalized spacial score (nSPS) is 11.1. The van der Waals surface area contributed by atoms with Crippen LogP contribution in [0.5, 0.6) is 0 Å². The predicted molar refractivity (Wildman–Crippen MR) is 127 cm³/mol. The van der Waals surface area contributed by atoms with E-state index in [0.29, 0.717) is 12.1 Å². The van der Waals surface area contributed by atoms with Crippen molar-refractivity contribution in [3.8, 4) is 5.69 Å². The summed E-state index contributed by atoms with van der Waals surface area (Å²) in [5.74, 6) is 0.963. The monoisotopic (exact) mass is 411 g/mol. The van der Waals surface area contributed by atoms with Crippen LogP contribution in [-0.2, 0) is 13.0 Å². The van der Waals surface area contributed by atoms with Gasteiger partial charge in [-0.2, -0.15) is 0 Å². The molecule has 3 aromatic carbocycles. The van der Waals surface area contributed by atoms with E-state index >= 15 is 0 Å². The van der Waals surface area contributed by atoms with E-state index in [1.807, 2.05) is 36.4 Å². The summed E-state index contributed by atoms with van der Waals surface area (Å²) in [4.78, 5) is 17.7. The van der Waals surface area contributed by atoms with E-state index in [1.165, 1.54) is 11.1 Å². The number of nitrogens with zero attached hydrogens (tertiary/aromatic N) is 2. The summed E-state index contributed by atoms with van der Waals surface area (Å²) in [7, 11) is 0. The Balaban J connectivity index is 1.65. The fourth-order valence-corrected chi connectivity index (χ4v) is 3.92. The first-order chi connectivity index (χ1) is 15.1. The molecular weight excluding hydrogens is 382 g/mol. The second-order valence-electron chi connectivity index (χ2n) is 8.12. The minimum Gasteiger partial charge on any atom is -0.348 e. The van der Waals surface area contributed by atoms with E-state index in [0.717, 1.165) is 47.4 Å². The molecular formula is C27H29N3O. The molecule has 0 atom stereocenters. The van der Waals surface area contributed by atoms with Crippen molar-refractivity contribution in [2.24, 2.45) is 0 Å². The second-order valence-corrected chi connectivity index (χ2v) is 8.12. The molecule has 0 fully saturated rings. The minimum absolute atomic E-state index is 0.0784. The van der Waals surface area contributed by atoms with Crippen molar-refractivity contribution in [1.82, 2.24) is 14.9 Å². The fraction of sp³-hybridized carbons (Fsp3) is 0.259. The van der Waals surface area contributed by atoms with Crippen LogP contribution in [0.25, 0.3) is 16.7 Å². The quantitative estimate of drug-likeness (QED) is 0.411. The van der Waals surface area contributed by atoms with E-state index in [2.05, 4.69) is 61.0 Å². The number of amides is 1. The van der Waals surface area contributed by atoms with Crippen LogP contribution in [0.4, 0.5) is 0 Å². The summed E-state index contributed by atoms with van der Waals surface area (Å²) in [5.41, 5.74) is 7.16. The van der Waals surface area contributed by atoms with Crippen molar-refractivity contribution < 1.29 is 4.79 Å². The number of carbonyl (C=O) groups excluding carboxylic acids is 1. The zero-order chi connectivity index (χ0) is 21.8. The highest BCUT2D eigenvalue weighted by atomic mass is 16.1. The highest BCUT2D eigenvalue weighted by Gasteiger charge is 2.15. The Hall–Kier alpha value is -3.40. The number of nitrogens with one attached hydrogen (secondary N) is 1. The van der Waals surface area contributed by atoms with Gasteiger partial charge in [-0.15, -0.1) is 0 Å². The smallest absolute Gasteiger partial charge is 0.251 e. The average Bonchev–Trinajstić information content (AvgIpc) is 3.14. The van der Waals surface area contributed by atoms with Crippen molar-refractivity contribution in [2.75, 3.05) is 0 Å². The van der Waals surface area contributed by atoms with Crippen molar-refractivity contribution in [2.45, 2.75) is 46.6 Å². The third kappa shape index (κ3) is 4.53. The molecule has 0 aliphatic rings. The lowest BCUT2D eigenvalue weighted by Gasteiger charge is -2.10. The minimum atomic E-state index is -0.0784. The Kier molecular flexibility index (Phi) is 6.17. The molecule has 4 heteroatoms. The molecule has 0 unspecified atom stereocenters. The molecule has 0 radical (unpaired) electrons. The van der Waals surface area contributed by atoms with Gasteiger partial charge in [-0.3, -0.25) is 9.36 Å². The molecule has 0 spiro atoms. The number of hydrogen-bond donors (Lipinski definition) is 1. The number of aromatic nitrogens is 2. The highest BCUT2D eigenvalue weighted by Crippen LogP contribution is 2.24. The van der Waals surface area contributed by atoms with Crippen molar-refractivity contribution >= 4 is 16.9 Å². The molecule has 0 saturated carbocycles. The van der Waals surface area contributed by atoms with E-state index in [1.54, 1.807) is 0 Å². The molecule has 31 heavy (non-hydrogen) atoms. The van der Waals surface area contributed by atoms with Gasteiger partial charge in [0.05, 0.1) is 11.0 Å². The molecule has 0 aliphatic heterocycles. The Bertz CT molecular complexity index is 1220. The molecule has 4 aromatic rings. The highest BCUT2D eigenvalue weighted by molar-refractivity contribution is 5.97. The lowest BCUT2D eigenvalue weighted by Crippen LogP contribution is -2.23. The van der Waals surface area contributed by atoms with Crippen LogP contribution in [0, 0.1) is 13.8 Å². The molecule has 0 bridgehead atoms. The van der Waals surface area contributed by atoms with Gasteiger partial charge in [-0.1, -0.05) is 49.7 Å². The number of imidazole rings is 1. The van der Waals surface area contributed by atoms with Crippen molar-refractivity contribution in [1.29, 1.82) is 0 Å². The largest absolute Gasteiger partial charge is 0.348 e. The van der Waals surface area contributed by atoms with E-state index in [-0.39, 0.29) is 5.91 Å². The number of unbranched alkanes of at least 4 members (excludes halogenated alkanes) is 1. The van der Waals surface area contributed by atoms with Crippen LogP contribution in [0.15, 0.2) is 66.7 Å². The molecule has 1 aromatic heterocycles. The lowest BCUT2D eigenvalue weighted by molar-refractivity contribution is 0.0951. The van der Waals surface area contributed by atoms with Gasteiger partial charge in [0.1, 0.15) is 5.82 Å². The Morgan fingerprint density at radius 1 is 1.00 bits per heavy atom. The van der Waals surface area contributed by atoms with E-state index in [4.69, 9.17) is 4.98 Å². The van der Waals surface area contributed by atoms with Gasteiger partial charge in [0, 0.05) is 24.2 Å². The molecule has 0 aliphatic carbocycles. The van der Waals surface area contributed by atoms with Gasteiger partial charge in [-0.05, 0) is 67.3 Å². The van der Waals surface area contributed by atoms with Gasteiger partial charge in [0.25, 0.3) is 5.91 Å². The number of hydrogen-bond acceptors (Lipinski definition) is 2. The Morgan fingerprint density at radius 2 is 1.84 bits per heavy atom. The number of aryl methyl sites for hydroxylation is 3. The van der Waals surface area contributed by atoms with Crippen LogP contribution in [-0.4, -0.2) is 15.5 Å². The van der Waals surface area contributed by atoms with Gasteiger partial charge in [0.15, 0.2) is 0 Å². The summed E-state index contributed by atoms with van der Waals surface area (Å²) in [6.45, 7) is 6.87. The first-order valence-electron chi connectivity index (χ1n) is 11.0. The molecule has 1 amide bonds. The maximum Gasteiger partial charge on any atom is 0.251 e. The molecule has 0 saturated heterocycles. The topological polar surface area (TPSA) is 46.9 Å². The first-order valence-corrected chi connectivity index (χ1v) is 11.0. The van der Waals surface area contributed by atoms with Gasteiger partial charge < -0.3 is 5.32 Å². The first kappa shape index (κ1) is 20.9. The predicted octanol–water partition coefficient (Wildman–Crippen LogP) is 5.91. The van der Waals surface area contributed by atoms with Crippen LogP contribution in [0.3, 0.4) is 0 Å². The second kappa shape index (κ2) is 9.17. The number of fused-ring (bicyclic) bond motifs is 1. The van der Waals surface area contributed by atoms with Gasteiger partial charge in [-0.25, -0.2) is 4.98 Å². The van der Waals surface area contributed by atoms with Crippen LogP contribution >= 0.6 is 0 Å².